The van der Waals surface area contributed by atoms with Gasteiger partial charge in [0.1, 0.15) is 0 Å². The zero-order valence-electron chi connectivity index (χ0n) is 8.93. The van der Waals surface area contributed by atoms with Gasteiger partial charge in [0.15, 0.2) is 5.82 Å². The molecule has 0 saturated carbocycles. The second kappa shape index (κ2) is 3.18. The number of rotatable bonds is 1. The molecule has 1 aromatic rings. The third-order valence-electron chi connectivity index (χ3n) is 2.80. The van der Waals surface area contributed by atoms with Crippen molar-refractivity contribution in [3.05, 3.63) is 11.3 Å². The minimum Gasteiger partial charge on any atom is -0.382 e. The minimum absolute atomic E-state index is 0.0107. The molecule has 1 aliphatic rings. The first-order valence-electron chi connectivity index (χ1n) is 5.18. The fraction of sp³-hybridized carbons (Fsp3) is 0.700. The summed E-state index contributed by atoms with van der Waals surface area (Å²) in [6.45, 7) is 3.83. The first kappa shape index (κ1) is 10.4. The summed E-state index contributed by atoms with van der Waals surface area (Å²) in [5.74, 6) is -2.81. The number of halogens is 2. The molecular weight excluding hydrogens is 200 g/mol. The summed E-state index contributed by atoms with van der Waals surface area (Å²) in [7, 11) is 0. The van der Waals surface area contributed by atoms with Crippen LogP contribution in [-0.4, -0.2) is 9.78 Å². The van der Waals surface area contributed by atoms with E-state index < -0.39 is 5.92 Å². The minimum atomic E-state index is -2.80. The largest absolute Gasteiger partial charge is 0.382 e. The van der Waals surface area contributed by atoms with Crippen LogP contribution < -0.4 is 5.73 Å². The Bertz CT molecular complexity index is 382. The molecule has 1 aliphatic carbocycles. The Hall–Kier alpha value is -1.13. The Morgan fingerprint density at radius 1 is 1.47 bits per heavy atom. The van der Waals surface area contributed by atoms with E-state index in [0.29, 0.717) is 18.5 Å². The lowest BCUT2D eigenvalue weighted by atomic mass is 9.93. The van der Waals surface area contributed by atoms with Crippen molar-refractivity contribution in [2.45, 2.75) is 45.1 Å². The van der Waals surface area contributed by atoms with Gasteiger partial charge in [-0.3, -0.25) is 4.68 Å². The van der Waals surface area contributed by atoms with Crippen LogP contribution in [0.3, 0.4) is 0 Å². The average Bonchev–Trinajstić information content (AvgIpc) is 2.43. The number of anilines is 1. The third kappa shape index (κ3) is 1.50. The van der Waals surface area contributed by atoms with Crippen molar-refractivity contribution in [1.29, 1.82) is 0 Å². The SMILES string of the molecule is CC(C)n1nc(N)c2c1CCCC2(F)F. The fourth-order valence-electron chi connectivity index (χ4n) is 2.16. The molecule has 5 heteroatoms. The normalized spacial score (nSPS) is 19.3. The number of alkyl halides is 2. The van der Waals surface area contributed by atoms with E-state index in [2.05, 4.69) is 5.10 Å². The van der Waals surface area contributed by atoms with Gasteiger partial charge in [0.2, 0.25) is 0 Å². The van der Waals surface area contributed by atoms with Gasteiger partial charge in [0.05, 0.1) is 11.3 Å². The molecule has 0 spiro atoms. The Morgan fingerprint density at radius 2 is 2.13 bits per heavy atom. The van der Waals surface area contributed by atoms with E-state index in [4.69, 9.17) is 5.73 Å². The number of nitrogens with two attached hydrogens (primary N) is 1. The Labute approximate surface area is 87.3 Å². The van der Waals surface area contributed by atoms with Crippen LogP contribution in [0, 0.1) is 0 Å². The van der Waals surface area contributed by atoms with E-state index in [0.717, 1.165) is 0 Å². The topological polar surface area (TPSA) is 43.8 Å². The molecule has 0 radical (unpaired) electrons. The first-order chi connectivity index (χ1) is 6.93. The second-order valence-corrected chi connectivity index (χ2v) is 4.30. The summed E-state index contributed by atoms with van der Waals surface area (Å²) in [4.78, 5) is 0. The van der Waals surface area contributed by atoms with Gasteiger partial charge in [-0.25, -0.2) is 8.78 Å². The number of fused-ring (bicyclic) bond motifs is 1. The molecule has 0 saturated heterocycles. The molecular formula is C10H15F2N3. The molecule has 84 valence electrons. The zero-order valence-corrected chi connectivity index (χ0v) is 8.93. The maximum Gasteiger partial charge on any atom is 0.278 e. The molecule has 0 bridgehead atoms. The highest BCUT2D eigenvalue weighted by Crippen LogP contribution is 2.43. The van der Waals surface area contributed by atoms with Gasteiger partial charge in [0.25, 0.3) is 5.92 Å². The van der Waals surface area contributed by atoms with Gasteiger partial charge in [-0.15, -0.1) is 0 Å². The summed E-state index contributed by atoms with van der Waals surface area (Å²) in [6.07, 6.45) is 1.03. The monoisotopic (exact) mass is 215 g/mol. The molecule has 2 N–H and O–H groups in total. The molecule has 1 heterocycles. The van der Waals surface area contributed by atoms with Crippen molar-refractivity contribution in [2.75, 3.05) is 5.73 Å². The van der Waals surface area contributed by atoms with Crippen molar-refractivity contribution in [3.63, 3.8) is 0 Å². The predicted molar refractivity (Wildman–Crippen MR) is 53.9 cm³/mol. The van der Waals surface area contributed by atoms with Crippen LogP contribution in [0.4, 0.5) is 14.6 Å². The van der Waals surface area contributed by atoms with Gasteiger partial charge < -0.3 is 5.73 Å². The van der Waals surface area contributed by atoms with Gasteiger partial charge in [0, 0.05) is 12.5 Å². The van der Waals surface area contributed by atoms with E-state index in [1.54, 1.807) is 4.68 Å². The van der Waals surface area contributed by atoms with E-state index in [-0.39, 0.29) is 23.8 Å². The maximum absolute atomic E-state index is 13.6. The lowest BCUT2D eigenvalue weighted by molar-refractivity contribution is -0.0214. The van der Waals surface area contributed by atoms with Crippen molar-refractivity contribution in [1.82, 2.24) is 9.78 Å². The third-order valence-corrected chi connectivity index (χ3v) is 2.80. The summed E-state index contributed by atoms with van der Waals surface area (Å²) in [5.41, 5.74) is 6.13. The Balaban J connectivity index is 2.59. The maximum atomic E-state index is 13.6. The van der Waals surface area contributed by atoms with Crippen LogP contribution in [0.5, 0.6) is 0 Å². The highest BCUT2D eigenvalue weighted by Gasteiger charge is 2.41. The number of hydrogen-bond acceptors (Lipinski definition) is 2. The van der Waals surface area contributed by atoms with Gasteiger partial charge in [-0.2, -0.15) is 5.10 Å². The lowest BCUT2D eigenvalue weighted by Crippen LogP contribution is -2.22. The number of nitrogens with zero attached hydrogens (tertiary/aromatic N) is 2. The molecule has 3 nitrogen and oxygen atoms in total. The standard InChI is InChI=1S/C10H15F2N3/c1-6(2)15-7-4-3-5-10(11,12)8(7)9(13)14-15/h6H,3-5H2,1-2H3,(H2,13,14). The average molecular weight is 215 g/mol. The summed E-state index contributed by atoms with van der Waals surface area (Å²) < 4.78 is 28.8. The number of nitrogen functional groups attached to an aromatic ring is 1. The Morgan fingerprint density at radius 3 is 2.73 bits per heavy atom. The predicted octanol–water partition coefficient (Wildman–Crippen LogP) is 2.47. The molecule has 0 amide bonds. The molecule has 0 unspecified atom stereocenters. The van der Waals surface area contributed by atoms with Crippen LogP contribution in [-0.2, 0) is 12.3 Å². The molecule has 15 heavy (non-hydrogen) atoms. The van der Waals surface area contributed by atoms with Crippen LogP contribution in [0.15, 0.2) is 0 Å². The number of aromatic nitrogens is 2. The zero-order chi connectivity index (χ0) is 11.2. The van der Waals surface area contributed by atoms with E-state index in [9.17, 15) is 8.78 Å². The summed E-state index contributed by atoms with van der Waals surface area (Å²) in [5, 5.41) is 4.00. The van der Waals surface area contributed by atoms with Crippen molar-refractivity contribution in [2.24, 2.45) is 0 Å². The summed E-state index contributed by atoms with van der Waals surface area (Å²) in [6, 6.07) is 0.0740. The van der Waals surface area contributed by atoms with E-state index in [1.165, 1.54) is 0 Å². The second-order valence-electron chi connectivity index (χ2n) is 4.30. The molecule has 1 aromatic heterocycles. The van der Waals surface area contributed by atoms with Gasteiger partial charge in [-0.05, 0) is 26.7 Å². The fourth-order valence-corrected chi connectivity index (χ4v) is 2.16. The van der Waals surface area contributed by atoms with Gasteiger partial charge in [-0.1, -0.05) is 0 Å². The van der Waals surface area contributed by atoms with Crippen LogP contribution in [0.1, 0.15) is 44.0 Å². The Kier molecular flexibility index (Phi) is 2.20. The van der Waals surface area contributed by atoms with Crippen molar-refractivity contribution in [3.8, 4) is 0 Å². The molecule has 0 fully saturated rings. The molecule has 2 rings (SSSR count). The van der Waals surface area contributed by atoms with E-state index in [1.807, 2.05) is 13.8 Å². The molecule has 0 aliphatic heterocycles. The highest BCUT2D eigenvalue weighted by atomic mass is 19.3. The van der Waals surface area contributed by atoms with Crippen LogP contribution in [0.25, 0.3) is 0 Å². The van der Waals surface area contributed by atoms with Crippen molar-refractivity contribution < 1.29 is 8.78 Å². The van der Waals surface area contributed by atoms with E-state index >= 15 is 0 Å². The van der Waals surface area contributed by atoms with Crippen molar-refractivity contribution >= 4 is 5.82 Å². The highest BCUT2D eigenvalue weighted by molar-refractivity contribution is 5.47. The molecule has 0 atom stereocenters. The van der Waals surface area contributed by atoms with Crippen LogP contribution >= 0.6 is 0 Å². The number of hydrogen-bond donors (Lipinski definition) is 1. The quantitative estimate of drug-likeness (QED) is 0.782. The lowest BCUT2D eigenvalue weighted by Gasteiger charge is -2.23. The van der Waals surface area contributed by atoms with Crippen LogP contribution in [0.2, 0.25) is 0 Å². The van der Waals surface area contributed by atoms with Gasteiger partial charge >= 0.3 is 0 Å². The smallest absolute Gasteiger partial charge is 0.278 e. The molecule has 0 aromatic carbocycles. The first-order valence-corrected chi connectivity index (χ1v) is 5.18. The summed E-state index contributed by atoms with van der Waals surface area (Å²) >= 11 is 0.